The fourth-order valence-corrected chi connectivity index (χ4v) is 3.05. The van der Waals surface area contributed by atoms with Crippen LogP contribution >= 0.6 is 15.9 Å². The van der Waals surface area contributed by atoms with Crippen molar-refractivity contribution in [3.8, 4) is 0 Å². The smallest absolute Gasteiger partial charge is 0.0766 e. The highest BCUT2D eigenvalue weighted by molar-refractivity contribution is 9.10. The van der Waals surface area contributed by atoms with Crippen LogP contribution in [0, 0.1) is 5.92 Å². The molecule has 1 rings (SSSR count). The van der Waals surface area contributed by atoms with Crippen molar-refractivity contribution in [2.24, 2.45) is 13.0 Å². The highest BCUT2D eigenvalue weighted by atomic mass is 79.9. The van der Waals surface area contributed by atoms with Crippen molar-refractivity contribution in [3.63, 3.8) is 0 Å². The Morgan fingerprint density at radius 2 is 2.00 bits per heavy atom. The number of nitrogens with zero attached hydrogens (tertiary/aromatic N) is 2. The van der Waals surface area contributed by atoms with Gasteiger partial charge in [0.1, 0.15) is 0 Å². The number of aromatic nitrogens is 2. The average molecular weight is 316 g/mol. The molecule has 0 aliphatic rings. The van der Waals surface area contributed by atoms with E-state index in [1.165, 1.54) is 16.6 Å². The van der Waals surface area contributed by atoms with Crippen molar-refractivity contribution < 1.29 is 0 Å². The predicted octanol–water partition coefficient (Wildman–Crippen LogP) is 3.31. The molecule has 0 fully saturated rings. The van der Waals surface area contributed by atoms with Crippen molar-refractivity contribution in [2.75, 3.05) is 6.54 Å². The summed E-state index contributed by atoms with van der Waals surface area (Å²) in [6, 6.07) is 0.524. The molecule has 1 heterocycles. The Morgan fingerprint density at radius 3 is 2.44 bits per heavy atom. The van der Waals surface area contributed by atoms with Crippen molar-refractivity contribution in [2.45, 2.75) is 53.0 Å². The summed E-state index contributed by atoms with van der Waals surface area (Å²) in [5.41, 5.74) is 2.46. The van der Waals surface area contributed by atoms with Crippen molar-refractivity contribution in [1.82, 2.24) is 15.1 Å². The van der Waals surface area contributed by atoms with E-state index in [0.717, 1.165) is 25.1 Å². The van der Waals surface area contributed by atoms with E-state index < -0.39 is 0 Å². The molecule has 0 aliphatic heterocycles. The third-order valence-electron chi connectivity index (χ3n) is 3.71. The van der Waals surface area contributed by atoms with Crippen LogP contribution in [-0.2, 0) is 19.9 Å². The number of likely N-dealkylation sites (N-methyl/N-ethyl adjacent to an activating group) is 1. The molecule has 1 aromatic rings. The van der Waals surface area contributed by atoms with Gasteiger partial charge in [-0.05, 0) is 34.8 Å². The molecular formula is C14H26BrN3. The monoisotopic (exact) mass is 315 g/mol. The maximum absolute atomic E-state index is 4.57. The van der Waals surface area contributed by atoms with E-state index in [1.54, 1.807) is 0 Å². The zero-order valence-corrected chi connectivity index (χ0v) is 13.8. The van der Waals surface area contributed by atoms with E-state index in [2.05, 4.69) is 54.0 Å². The maximum Gasteiger partial charge on any atom is 0.0766 e. The van der Waals surface area contributed by atoms with Gasteiger partial charge in [-0.1, -0.05) is 34.1 Å². The quantitative estimate of drug-likeness (QED) is 0.836. The van der Waals surface area contributed by atoms with Crippen LogP contribution in [0.1, 0.15) is 45.5 Å². The van der Waals surface area contributed by atoms with Crippen LogP contribution in [-0.4, -0.2) is 22.4 Å². The lowest BCUT2D eigenvalue weighted by Crippen LogP contribution is -2.37. The summed E-state index contributed by atoms with van der Waals surface area (Å²) in [6.45, 7) is 9.91. The number of hydrogen-bond acceptors (Lipinski definition) is 2. The molecule has 0 saturated heterocycles. The second-order valence-electron chi connectivity index (χ2n) is 4.94. The third kappa shape index (κ3) is 3.58. The lowest BCUT2D eigenvalue weighted by molar-refractivity contribution is 0.364. The van der Waals surface area contributed by atoms with Crippen LogP contribution in [0.25, 0.3) is 0 Å². The van der Waals surface area contributed by atoms with Crippen molar-refractivity contribution in [3.05, 3.63) is 15.9 Å². The van der Waals surface area contributed by atoms with Gasteiger partial charge in [0.15, 0.2) is 0 Å². The summed E-state index contributed by atoms with van der Waals surface area (Å²) >= 11 is 3.70. The number of hydrogen-bond donors (Lipinski definition) is 1. The van der Waals surface area contributed by atoms with E-state index in [-0.39, 0.29) is 0 Å². The molecule has 4 heteroatoms. The lowest BCUT2D eigenvalue weighted by atomic mass is 9.95. The first kappa shape index (κ1) is 15.7. The standard InChI is InChI=1S/C14H26BrN3/c1-6-10(4)12(16-8-3)9-13-14(15)11(7-2)17-18(13)5/h10,12,16H,6-9H2,1-5H3. The van der Waals surface area contributed by atoms with Crippen LogP contribution in [0.4, 0.5) is 0 Å². The first-order valence-electron chi connectivity index (χ1n) is 6.98. The summed E-state index contributed by atoms with van der Waals surface area (Å²) in [4.78, 5) is 0. The normalized spacial score (nSPS) is 14.8. The predicted molar refractivity (Wildman–Crippen MR) is 80.9 cm³/mol. The van der Waals surface area contributed by atoms with Crippen LogP contribution in [0.3, 0.4) is 0 Å². The first-order chi connectivity index (χ1) is 8.54. The molecule has 0 spiro atoms. The molecule has 2 unspecified atom stereocenters. The van der Waals surface area contributed by atoms with E-state index >= 15 is 0 Å². The fraction of sp³-hybridized carbons (Fsp3) is 0.786. The molecule has 2 atom stereocenters. The number of halogens is 1. The van der Waals surface area contributed by atoms with Crippen molar-refractivity contribution in [1.29, 1.82) is 0 Å². The number of nitrogens with one attached hydrogen (secondary N) is 1. The Kier molecular flexibility index (Phi) is 6.36. The van der Waals surface area contributed by atoms with Gasteiger partial charge in [0, 0.05) is 19.5 Å². The molecule has 0 saturated carbocycles. The molecule has 0 aromatic carbocycles. The van der Waals surface area contributed by atoms with Crippen LogP contribution in [0.15, 0.2) is 4.47 Å². The van der Waals surface area contributed by atoms with Gasteiger partial charge in [-0.3, -0.25) is 4.68 Å². The topological polar surface area (TPSA) is 29.9 Å². The Labute approximate surface area is 119 Å². The Morgan fingerprint density at radius 1 is 1.33 bits per heavy atom. The van der Waals surface area contributed by atoms with Crippen molar-refractivity contribution >= 4 is 15.9 Å². The van der Waals surface area contributed by atoms with E-state index in [0.29, 0.717) is 12.0 Å². The Bertz CT molecular complexity index is 373. The molecular weight excluding hydrogens is 290 g/mol. The van der Waals surface area contributed by atoms with E-state index in [1.807, 2.05) is 11.7 Å². The van der Waals surface area contributed by atoms with E-state index in [4.69, 9.17) is 0 Å². The van der Waals surface area contributed by atoms with Gasteiger partial charge < -0.3 is 5.32 Å². The zero-order chi connectivity index (χ0) is 13.7. The SMILES string of the molecule is CCNC(Cc1c(Br)c(CC)nn1C)C(C)CC. The minimum atomic E-state index is 0.524. The zero-order valence-electron chi connectivity index (χ0n) is 12.3. The molecule has 0 bridgehead atoms. The van der Waals surface area contributed by atoms with Crippen LogP contribution < -0.4 is 5.32 Å². The molecule has 104 valence electrons. The highest BCUT2D eigenvalue weighted by Crippen LogP contribution is 2.24. The molecule has 1 N–H and O–H groups in total. The molecule has 3 nitrogen and oxygen atoms in total. The molecule has 1 aromatic heterocycles. The molecule has 0 amide bonds. The summed E-state index contributed by atoms with van der Waals surface area (Å²) in [5.74, 6) is 0.678. The summed E-state index contributed by atoms with van der Waals surface area (Å²) < 4.78 is 3.22. The van der Waals surface area contributed by atoms with E-state index in [9.17, 15) is 0 Å². The minimum absolute atomic E-state index is 0.524. The fourth-order valence-electron chi connectivity index (χ4n) is 2.27. The lowest BCUT2D eigenvalue weighted by Gasteiger charge is -2.24. The van der Waals surface area contributed by atoms with Crippen LogP contribution in [0.5, 0.6) is 0 Å². The second-order valence-corrected chi connectivity index (χ2v) is 5.73. The van der Waals surface area contributed by atoms with Gasteiger partial charge in [0.25, 0.3) is 0 Å². The molecule has 0 radical (unpaired) electrons. The third-order valence-corrected chi connectivity index (χ3v) is 4.63. The average Bonchev–Trinajstić information content (AvgIpc) is 2.64. The van der Waals surface area contributed by atoms with Gasteiger partial charge in [-0.25, -0.2) is 0 Å². The first-order valence-corrected chi connectivity index (χ1v) is 7.77. The van der Waals surface area contributed by atoms with Gasteiger partial charge in [0.2, 0.25) is 0 Å². The maximum atomic E-state index is 4.57. The number of rotatable bonds is 7. The van der Waals surface area contributed by atoms with Gasteiger partial charge >= 0.3 is 0 Å². The number of aryl methyl sites for hydroxylation is 2. The minimum Gasteiger partial charge on any atom is -0.314 e. The summed E-state index contributed by atoms with van der Waals surface area (Å²) in [5, 5.41) is 8.17. The van der Waals surface area contributed by atoms with Gasteiger partial charge in [-0.15, -0.1) is 0 Å². The van der Waals surface area contributed by atoms with Crippen LogP contribution in [0.2, 0.25) is 0 Å². The van der Waals surface area contributed by atoms with Gasteiger partial charge in [-0.2, -0.15) is 5.10 Å². The Balaban J connectivity index is 2.89. The summed E-state index contributed by atoms with van der Waals surface area (Å²) in [6.07, 6.45) is 3.21. The second kappa shape index (κ2) is 7.29. The highest BCUT2D eigenvalue weighted by Gasteiger charge is 2.20. The summed E-state index contributed by atoms with van der Waals surface area (Å²) in [7, 11) is 2.04. The Hall–Kier alpha value is -0.350. The molecule has 0 aliphatic carbocycles. The van der Waals surface area contributed by atoms with Gasteiger partial charge in [0.05, 0.1) is 15.9 Å². The largest absolute Gasteiger partial charge is 0.314 e. The molecule has 18 heavy (non-hydrogen) atoms.